The molecule has 15 heteroatoms. The summed E-state index contributed by atoms with van der Waals surface area (Å²) in [5, 5.41) is 9.94. The highest BCUT2D eigenvalue weighted by Gasteiger charge is 2.33. The van der Waals surface area contributed by atoms with Crippen LogP contribution < -0.4 is 22.8 Å². The Bertz CT molecular complexity index is 8870. The third kappa shape index (κ3) is 19.7. The molecule has 0 saturated carbocycles. The van der Waals surface area contributed by atoms with Crippen molar-refractivity contribution in [2.75, 3.05) is 0 Å². The number of furan rings is 5. The predicted molar refractivity (Wildman–Crippen MR) is 578 cm³/mol. The lowest BCUT2D eigenvalue weighted by Gasteiger charge is -2.16. The summed E-state index contributed by atoms with van der Waals surface area (Å²) in [4.78, 5) is 22.3. The van der Waals surface area contributed by atoms with E-state index in [1.807, 2.05) is 88.4 Å². The van der Waals surface area contributed by atoms with Crippen molar-refractivity contribution in [2.24, 2.45) is 53.0 Å². The fourth-order valence-corrected chi connectivity index (χ4v) is 20.1. The van der Waals surface area contributed by atoms with Crippen molar-refractivity contribution in [3.05, 3.63) is 296 Å². The summed E-state index contributed by atoms with van der Waals surface area (Å²) in [6.07, 6.45) is 18.3. The maximum Gasteiger partial charge on any atom is 0.227 e. The molecule has 0 N–H and O–H groups in total. The quantitative estimate of drug-likeness (QED) is 0.0760. The molecule has 15 nitrogen and oxygen atoms in total. The van der Waals surface area contributed by atoms with Crippen LogP contribution in [0.3, 0.4) is 0 Å². The van der Waals surface area contributed by atoms with E-state index in [9.17, 15) is 0 Å². The number of benzene rings is 5. The van der Waals surface area contributed by atoms with Gasteiger partial charge in [0.25, 0.3) is 0 Å². The molecule has 0 radical (unpaired) electrons. The van der Waals surface area contributed by atoms with Gasteiger partial charge in [-0.15, -0.1) is 0 Å². The van der Waals surface area contributed by atoms with Gasteiger partial charge in [-0.3, -0.25) is 0 Å². The Morgan fingerprint density at radius 2 is 0.507 bits per heavy atom. The first-order chi connectivity index (χ1) is 72.8. The lowest BCUT2D eigenvalue weighted by atomic mass is 9.90. The van der Waals surface area contributed by atoms with Gasteiger partial charge in [0.15, 0.2) is 58.9 Å². The molecular formula is C125H145N10O5+5. The fourth-order valence-electron chi connectivity index (χ4n) is 20.1. The maximum atomic E-state index is 8.83. The van der Waals surface area contributed by atoms with E-state index in [4.69, 9.17) is 44.0 Å². The number of rotatable bonds is 18. The van der Waals surface area contributed by atoms with Gasteiger partial charge in [0, 0.05) is 164 Å². The fraction of sp³-hybridized carbons (Fsp3) is 0.360. The Labute approximate surface area is 850 Å². The first-order valence-corrected chi connectivity index (χ1v) is 48.9. The molecule has 15 heterocycles. The molecular weight excluding hydrogens is 1720 g/mol. The summed E-state index contributed by atoms with van der Waals surface area (Å²) in [6.45, 7) is 35.4. The molecule has 0 saturated heterocycles. The highest BCUT2D eigenvalue weighted by Crippen LogP contribution is 2.46. The van der Waals surface area contributed by atoms with Gasteiger partial charge in [0.2, 0.25) is 57.0 Å². The van der Waals surface area contributed by atoms with Gasteiger partial charge in [-0.05, 0) is 243 Å². The molecule has 20 rings (SSSR count). The van der Waals surface area contributed by atoms with Gasteiger partial charge >= 0.3 is 0 Å². The third-order valence-corrected chi connectivity index (χ3v) is 27.0. The van der Waals surface area contributed by atoms with Crippen LogP contribution in [-0.4, -0.2) is 24.9 Å². The smallest absolute Gasteiger partial charge is 0.227 e. The second-order valence-electron chi connectivity index (χ2n) is 40.6. The van der Waals surface area contributed by atoms with Crippen LogP contribution in [-0.2, 0) is 54.5 Å². The van der Waals surface area contributed by atoms with Gasteiger partial charge in [-0.2, -0.15) is 0 Å². The molecule has 4 atom stereocenters. The molecule has 0 aliphatic carbocycles. The van der Waals surface area contributed by atoms with Crippen LogP contribution in [0.2, 0.25) is 0 Å². The minimum atomic E-state index is -2.77. The summed E-state index contributed by atoms with van der Waals surface area (Å²) in [5.41, 5.74) is 32.0. The number of hydrogen-bond donors (Lipinski definition) is 0. The van der Waals surface area contributed by atoms with Gasteiger partial charge in [-0.1, -0.05) is 199 Å². The number of fused-ring (bicyclic) bond motifs is 15. The molecule has 0 spiro atoms. The molecule has 0 amide bonds. The number of nitrogens with zero attached hydrogens (tertiary/aromatic N) is 10. The van der Waals surface area contributed by atoms with E-state index in [1.165, 1.54) is 131 Å². The lowest BCUT2D eigenvalue weighted by Crippen LogP contribution is -2.32. The molecule has 140 heavy (non-hydrogen) atoms. The monoisotopic (exact) mass is 1880 g/mol. The van der Waals surface area contributed by atoms with Crippen LogP contribution >= 0.6 is 0 Å². The highest BCUT2D eigenvalue weighted by molar-refractivity contribution is 6.13. The van der Waals surface area contributed by atoms with Crippen molar-refractivity contribution < 1.29 is 66.9 Å². The van der Waals surface area contributed by atoms with E-state index >= 15 is 0 Å². The SMILES string of the molecule is Cc1ccc2c(n1)oc1c(-c3cc(C(C)C)c(CC(C)C)c[n+]3C)c(C)ccc12.Cc1ccc2c(oc3ncccc32)c1-c1cc(C(C)C)c(CC(C)C)c[n+]1C.Cc1ccc2c(oc3ncccc32)c1-c1cc(CC(C)C)c(C(C)C)c[n+]1C.[2H]C([2H])([2H])C([2H])(C)c1cc(-c2c(C)ccc3c2oc2nc(C)ccc23)[n+](C)cc1C([2H])(C)C([2H])([2H])[2H].[2H]C([2H])([2H])C([2H])(C)c1cc(-c2c(C)ccc3c2oc2ncccc23)[n+](C)cc1C([2H])(C)C([2H])([2H])[2H]. The van der Waals surface area contributed by atoms with Crippen molar-refractivity contribution in [3.63, 3.8) is 0 Å². The summed E-state index contributed by atoms with van der Waals surface area (Å²) in [5.74, 6) is -5.29. The van der Waals surface area contributed by atoms with Crippen molar-refractivity contribution >= 4 is 110 Å². The molecule has 0 aliphatic rings. The summed E-state index contributed by atoms with van der Waals surface area (Å²) in [6, 6.07) is 50.8. The minimum absolute atomic E-state index is 0.0332. The number of aromatic nitrogens is 10. The zero-order valence-corrected chi connectivity index (χ0v) is 86.7. The molecule has 0 bridgehead atoms. The van der Waals surface area contributed by atoms with E-state index in [0.29, 0.717) is 92.0 Å². The normalized spacial score (nSPS) is 15.7. The van der Waals surface area contributed by atoms with Crippen LogP contribution in [0.4, 0.5) is 0 Å². The summed E-state index contributed by atoms with van der Waals surface area (Å²) in [7, 11) is 9.83. The predicted octanol–water partition coefficient (Wildman–Crippen LogP) is 31.0. The molecule has 20 aromatic rings. The van der Waals surface area contributed by atoms with E-state index in [2.05, 4.69) is 261 Å². The Kier molecular flexibility index (Phi) is 23.4. The maximum absolute atomic E-state index is 8.83. The molecule has 0 aliphatic heterocycles. The Hall–Kier alpha value is -13.4. The number of hydrogen-bond acceptors (Lipinski definition) is 10. The van der Waals surface area contributed by atoms with Crippen LogP contribution in [0.15, 0.2) is 223 Å². The van der Waals surface area contributed by atoms with Gasteiger partial charge in [-0.25, -0.2) is 47.8 Å². The zero-order valence-electron chi connectivity index (χ0n) is 103. The van der Waals surface area contributed by atoms with Crippen molar-refractivity contribution in [1.29, 1.82) is 0 Å². The first-order valence-electron chi connectivity index (χ1n) is 56.9. The minimum Gasteiger partial charge on any atom is -0.437 e. The zero-order chi connectivity index (χ0) is 114. The highest BCUT2D eigenvalue weighted by atomic mass is 16.4. The Morgan fingerprint density at radius 1 is 0.264 bits per heavy atom. The number of pyridine rings is 10. The van der Waals surface area contributed by atoms with Gasteiger partial charge in [0.05, 0.1) is 27.8 Å². The van der Waals surface area contributed by atoms with Crippen LogP contribution in [0.5, 0.6) is 0 Å². The van der Waals surface area contributed by atoms with Gasteiger partial charge < -0.3 is 22.1 Å². The largest absolute Gasteiger partial charge is 0.437 e. The van der Waals surface area contributed by atoms with Crippen molar-refractivity contribution in [2.45, 2.75) is 247 Å². The first kappa shape index (κ1) is 80.4. The topological polar surface area (TPSA) is 150 Å². The molecule has 4 unspecified atom stereocenters. The Morgan fingerprint density at radius 3 is 0.793 bits per heavy atom. The summed E-state index contributed by atoms with van der Waals surface area (Å²) < 4.78 is 172. The van der Waals surface area contributed by atoms with E-state index in [1.54, 1.807) is 41.8 Å². The van der Waals surface area contributed by atoms with Crippen molar-refractivity contribution in [3.8, 4) is 56.3 Å². The second kappa shape index (κ2) is 40.8. The number of aryl methyl sites for hydroxylation is 12. The molecule has 15 aromatic heterocycles. The van der Waals surface area contributed by atoms with E-state index in [-0.39, 0.29) is 22.3 Å². The molecule has 5 aromatic carbocycles. The van der Waals surface area contributed by atoms with Crippen LogP contribution in [0, 0.1) is 66.2 Å². The van der Waals surface area contributed by atoms with Crippen LogP contribution in [0.25, 0.3) is 167 Å². The van der Waals surface area contributed by atoms with Crippen LogP contribution in [0.1, 0.15) is 296 Å². The lowest BCUT2D eigenvalue weighted by molar-refractivity contribution is -0.661. The average Bonchev–Trinajstić information content (AvgIpc) is 1.64. The van der Waals surface area contributed by atoms with Gasteiger partial charge in [0.1, 0.15) is 35.2 Å². The average molecular weight is 1880 g/mol. The van der Waals surface area contributed by atoms with Crippen molar-refractivity contribution in [1.82, 2.24) is 24.9 Å². The second-order valence-corrected chi connectivity index (χ2v) is 40.6. The summed E-state index contributed by atoms with van der Waals surface area (Å²) >= 11 is 0. The molecule has 0 fully saturated rings. The van der Waals surface area contributed by atoms with E-state index in [0.717, 1.165) is 124 Å². The third-order valence-electron chi connectivity index (χ3n) is 27.0. The molecule has 720 valence electrons. The standard InChI is InChI=1S/C26H31N2O.3C25H29N2O.C24H27N2O/c1-15(2)12-19-14-28(7)23(13-22(19)16(3)4)24-17(5)8-10-20-21-11-9-18(6)27-26(21)29-25(20)24;1-14(2)20-12-22(27(7)13-21(20)15(3)4)23-16(5)8-10-18-19-11-9-17(6)26-25(19)28-24(18)23;1-15(2)12-18-14-27(6)22(13-21(18)16(3)4)23-17(5)9-10-19-20-8-7-11-26-25(20)28-24(19)23;1-15(2)12-18-13-22(27(6)14-21(18)16(3)4)23-17(5)9-10-19-20-8-7-11-26-25(20)28-24(19)23;1-14(2)19-12-21(26(6)13-20(19)15(3)4)22-16(5)9-10-17-18-8-7-11-25-24(18)27-23(17)22/h8-11,13-16H,12H2,1-7H3;8-15H,1-7H3;2*7-11,13-16H,12H2,1-6H3;7-15H,1-6H3/q5*+1/i;1D3,3D3,14D,15D;;;1D3,3D3,14D,15D. The Balaban J connectivity index is 0.000000138. The van der Waals surface area contributed by atoms with E-state index < -0.39 is 51.0 Å².